The molecular weight excluding hydrogens is 308 g/mol. The van der Waals surface area contributed by atoms with Crippen molar-refractivity contribution in [2.75, 3.05) is 6.61 Å². The van der Waals surface area contributed by atoms with Crippen molar-refractivity contribution in [1.29, 1.82) is 5.26 Å². The van der Waals surface area contributed by atoms with Gasteiger partial charge in [-0.15, -0.1) is 0 Å². The first-order valence-corrected chi connectivity index (χ1v) is 6.93. The van der Waals surface area contributed by atoms with Crippen LogP contribution in [0.15, 0.2) is 28.7 Å². The van der Waals surface area contributed by atoms with Gasteiger partial charge >= 0.3 is 0 Å². The van der Waals surface area contributed by atoms with Crippen LogP contribution >= 0.6 is 15.9 Å². The summed E-state index contributed by atoms with van der Waals surface area (Å²) in [5.74, 6) is 0.623. The van der Waals surface area contributed by atoms with E-state index in [1.807, 2.05) is 12.1 Å². The van der Waals surface area contributed by atoms with Crippen molar-refractivity contribution >= 4 is 21.8 Å². The number of halogens is 1. The average Bonchev–Trinajstić information content (AvgIpc) is 3.21. The number of nitrogens with one attached hydrogen (secondary N) is 1. The van der Waals surface area contributed by atoms with Crippen LogP contribution in [-0.4, -0.2) is 18.1 Å². The highest BCUT2D eigenvalue weighted by Crippen LogP contribution is 2.39. The molecule has 4 nitrogen and oxygen atoms in total. The fourth-order valence-corrected chi connectivity index (χ4v) is 2.29. The van der Waals surface area contributed by atoms with E-state index in [0.717, 1.165) is 17.3 Å². The normalized spacial score (nSPS) is 17.1. The highest BCUT2D eigenvalue weighted by atomic mass is 79.9. The maximum absolute atomic E-state index is 11.8. The van der Waals surface area contributed by atoms with E-state index in [9.17, 15) is 4.79 Å². The third kappa shape index (κ3) is 3.71. The molecule has 0 unspecified atom stereocenters. The maximum Gasteiger partial charge on any atom is 0.259 e. The number of carbonyl (C=O) groups is 1. The standard InChI is InChI=1S/C14H15BrN2O2/c1-14(9-16,10-5-6-10)17-13(18)8-19-12-4-2-3-11(15)7-12/h2-4,7,10H,5-6,8H2,1H3,(H,17,18)/t14-/m1/s1. The van der Waals surface area contributed by atoms with Crippen molar-refractivity contribution in [2.24, 2.45) is 5.92 Å². The Morgan fingerprint density at radius 1 is 1.63 bits per heavy atom. The van der Waals surface area contributed by atoms with Gasteiger partial charge in [0.15, 0.2) is 6.61 Å². The van der Waals surface area contributed by atoms with E-state index in [-0.39, 0.29) is 18.4 Å². The Labute approximate surface area is 120 Å². The van der Waals surface area contributed by atoms with Gasteiger partial charge in [-0.05, 0) is 43.9 Å². The van der Waals surface area contributed by atoms with E-state index in [1.54, 1.807) is 19.1 Å². The smallest absolute Gasteiger partial charge is 0.259 e. The third-order valence-electron chi connectivity index (χ3n) is 3.19. The summed E-state index contributed by atoms with van der Waals surface area (Å²) in [7, 11) is 0. The number of amides is 1. The van der Waals surface area contributed by atoms with Crippen LogP contribution in [0.5, 0.6) is 5.75 Å². The number of nitrogens with zero attached hydrogens (tertiary/aromatic N) is 1. The lowest BCUT2D eigenvalue weighted by Crippen LogP contribution is -2.48. The molecule has 1 aromatic rings. The van der Waals surface area contributed by atoms with Crippen LogP contribution in [0.1, 0.15) is 19.8 Å². The Bertz CT molecular complexity index is 522. The minimum atomic E-state index is -0.766. The fraction of sp³-hybridized carbons (Fsp3) is 0.429. The molecule has 1 amide bonds. The van der Waals surface area contributed by atoms with E-state index >= 15 is 0 Å². The molecule has 1 aliphatic rings. The predicted octanol–water partition coefficient (Wildman–Crippen LogP) is 2.64. The number of ether oxygens (including phenoxy) is 1. The Balaban J connectivity index is 1.86. The van der Waals surface area contributed by atoms with Crippen molar-refractivity contribution in [3.63, 3.8) is 0 Å². The van der Waals surface area contributed by atoms with Gasteiger partial charge in [-0.3, -0.25) is 4.79 Å². The lowest BCUT2D eigenvalue weighted by atomic mass is 9.98. The number of hydrogen-bond donors (Lipinski definition) is 1. The summed E-state index contributed by atoms with van der Waals surface area (Å²) in [5, 5.41) is 11.9. The highest BCUT2D eigenvalue weighted by molar-refractivity contribution is 9.10. The number of carbonyl (C=O) groups excluding carboxylic acids is 1. The maximum atomic E-state index is 11.8. The Morgan fingerprint density at radius 2 is 2.37 bits per heavy atom. The zero-order chi connectivity index (χ0) is 13.9. The van der Waals surface area contributed by atoms with Crippen LogP contribution < -0.4 is 10.1 Å². The van der Waals surface area contributed by atoms with Crippen molar-refractivity contribution in [3.05, 3.63) is 28.7 Å². The first kappa shape index (κ1) is 13.9. The van der Waals surface area contributed by atoms with Gasteiger partial charge in [0.25, 0.3) is 5.91 Å². The van der Waals surface area contributed by atoms with Crippen LogP contribution in [0.25, 0.3) is 0 Å². The van der Waals surface area contributed by atoms with Crippen LogP contribution in [0.2, 0.25) is 0 Å². The van der Waals surface area contributed by atoms with Crippen molar-refractivity contribution in [3.8, 4) is 11.8 Å². The molecule has 0 spiro atoms. The molecule has 0 aliphatic heterocycles. The molecule has 1 saturated carbocycles. The van der Waals surface area contributed by atoms with E-state index in [2.05, 4.69) is 27.3 Å². The lowest BCUT2D eigenvalue weighted by molar-refractivity contribution is -0.124. The number of rotatable bonds is 5. The van der Waals surface area contributed by atoms with Crippen molar-refractivity contribution < 1.29 is 9.53 Å². The lowest BCUT2D eigenvalue weighted by Gasteiger charge is -2.22. The topological polar surface area (TPSA) is 62.1 Å². The summed E-state index contributed by atoms with van der Waals surface area (Å²) in [6.07, 6.45) is 1.99. The second-order valence-corrected chi connectivity index (χ2v) is 5.80. The van der Waals surface area contributed by atoms with Gasteiger partial charge in [0.1, 0.15) is 11.3 Å². The molecule has 0 radical (unpaired) electrons. The molecule has 5 heteroatoms. The minimum absolute atomic E-state index is 0.0829. The first-order chi connectivity index (χ1) is 9.03. The van der Waals surface area contributed by atoms with Gasteiger partial charge in [-0.1, -0.05) is 22.0 Å². The Kier molecular flexibility index (Phi) is 4.11. The molecule has 0 aromatic heterocycles. The van der Waals surface area contributed by atoms with Crippen LogP contribution in [0, 0.1) is 17.2 Å². The van der Waals surface area contributed by atoms with E-state index in [4.69, 9.17) is 10.00 Å². The van der Waals surface area contributed by atoms with Gasteiger partial charge in [0.05, 0.1) is 6.07 Å². The molecule has 1 atom stereocenters. The van der Waals surface area contributed by atoms with Crippen molar-refractivity contribution in [2.45, 2.75) is 25.3 Å². The largest absolute Gasteiger partial charge is 0.484 e. The highest BCUT2D eigenvalue weighted by Gasteiger charge is 2.43. The molecule has 1 aliphatic carbocycles. The molecule has 19 heavy (non-hydrogen) atoms. The second-order valence-electron chi connectivity index (χ2n) is 4.88. The van der Waals surface area contributed by atoms with Crippen LogP contribution in [0.4, 0.5) is 0 Å². The van der Waals surface area contributed by atoms with Crippen LogP contribution in [0.3, 0.4) is 0 Å². The number of nitriles is 1. The summed E-state index contributed by atoms with van der Waals surface area (Å²) in [4.78, 5) is 11.8. The first-order valence-electron chi connectivity index (χ1n) is 6.14. The molecular formula is C14H15BrN2O2. The molecule has 100 valence electrons. The Hall–Kier alpha value is -1.54. The molecule has 0 saturated heterocycles. The van der Waals surface area contributed by atoms with Gasteiger partial charge in [-0.2, -0.15) is 5.26 Å². The summed E-state index contributed by atoms with van der Waals surface area (Å²) in [6.45, 7) is 1.68. The predicted molar refractivity (Wildman–Crippen MR) is 74.5 cm³/mol. The summed E-state index contributed by atoms with van der Waals surface area (Å²) in [6, 6.07) is 9.47. The fourth-order valence-electron chi connectivity index (χ4n) is 1.91. The average molecular weight is 323 g/mol. The zero-order valence-corrected chi connectivity index (χ0v) is 12.2. The quantitative estimate of drug-likeness (QED) is 0.906. The zero-order valence-electron chi connectivity index (χ0n) is 10.6. The molecule has 0 heterocycles. The molecule has 1 fully saturated rings. The summed E-state index contributed by atoms with van der Waals surface area (Å²) < 4.78 is 6.28. The molecule has 1 aromatic carbocycles. The molecule has 2 rings (SSSR count). The van der Waals surface area contributed by atoms with E-state index in [1.165, 1.54) is 0 Å². The summed E-state index contributed by atoms with van der Waals surface area (Å²) in [5.41, 5.74) is -0.766. The number of benzene rings is 1. The number of hydrogen-bond acceptors (Lipinski definition) is 3. The molecule has 0 bridgehead atoms. The minimum Gasteiger partial charge on any atom is -0.484 e. The van der Waals surface area contributed by atoms with Gasteiger partial charge in [0.2, 0.25) is 0 Å². The van der Waals surface area contributed by atoms with Gasteiger partial charge in [0, 0.05) is 4.47 Å². The van der Waals surface area contributed by atoms with Crippen molar-refractivity contribution in [1.82, 2.24) is 5.32 Å². The van der Waals surface area contributed by atoms with Gasteiger partial charge < -0.3 is 10.1 Å². The monoisotopic (exact) mass is 322 g/mol. The Morgan fingerprint density at radius 3 is 2.95 bits per heavy atom. The van der Waals surface area contributed by atoms with Crippen LogP contribution in [-0.2, 0) is 4.79 Å². The van der Waals surface area contributed by atoms with E-state index in [0.29, 0.717) is 5.75 Å². The SMILES string of the molecule is C[C@](C#N)(NC(=O)COc1cccc(Br)c1)C1CC1. The third-order valence-corrected chi connectivity index (χ3v) is 3.68. The van der Waals surface area contributed by atoms with E-state index < -0.39 is 5.54 Å². The molecule has 1 N–H and O–H groups in total. The second kappa shape index (κ2) is 5.62. The summed E-state index contributed by atoms with van der Waals surface area (Å²) >= 11 is 3.33. The van der Waals surface area contributed by atoms with Gasteiger partial charge in [-0.25, -0.2) is 0 Å².